The van der Waals surface area contributed by atoms with Gasteiger partial charge >= 0.3 is 5.97 Å². The fourth-order valence-corrected chi connectivity index (χ4v) is 1.55. The van der Waals surface area contributed by atoms with Crippen molar-refractivity contribution in [2.24, 2.45) is 5.92 Å². The van der Waals surface area contributed by atoms with Crippen LogP contribution in [-0.4, -0.2) is 36.9 Å². The number of nitrogens with one attached hydrogen (secondary N) is 1. The summed E-state index contributed by atoms with van der Waals surface area (Å²) in [7, 11) is 0. The monoisotopic (exact) mass is 187 g/mol. The highest BCUT2D eigenvalue weighted by Gasteiger charge is 2.18. The van der Waals surface area contributed by atoms with Crippen molar-refractivity contribution in [3.63, 3.8) is 0 Å². The van der Waals surface area contributed by atoms with E-state index in [4.69, 9.17) is 9.84 Å². The second kappa shape index (κ2) is 5.19. The molecule has 1 fully saturated rings. The molecular formula is C9H17NO3. The predicted octanol–water partition coefficient (Wildman–Crippen LogP) is 0.476. The summed E-state index contributed by atoms with van der Waals surface area (Å²) in [4.78, 5) is 10.2. The number of ether oxygens (including phenoxy) is 1. The van der Waals surface area contributed by atoms with Crippen LogP contribution in [0.1, 0.15) is 19.8 Å². The smallest absolute Gasteiger partial charge is 0.317 e. The Morgan fingerprint density at radius 2 is 2.46 bits per heavy atom. The summed E-state index contributed by atoms with van der Waals surface area (Å²) in [6.45, 7) is 3.68. The fraction of sp³-hybridized carbons (Fsp3) is 0.889. The maximum atomic E-state index is 10.2. The van der Waals surface area contributed by atoms with Gasteiger partial charge in [-0.05, 0) is 18.8 Å². The highest BCUT2D eigenvalue weighted by atomic mass is 16.5. The van der Waals surface area contributed by atoms with Crippen molar-refractivity contribution in [2.45, 2.75) is 25.9 Å². The Labute approximate surface area is 78.3 Å². The average molecular weight is 187 g/mol. The molecule has 0 amide bonds. The Bertz CT molecular complexity index is 172. The van der Waals surface area contributed by atoms with E-state index in [2.05, 4.69) is 12.2 Å². The van der Waals surface area contributed by atoms with Crippen molar-refractivity contribution in [2.75, 3.05) is 19.7 Å². The first-order valence-corrected chi connectivity index (χ1v) is 4.72. The normalized spacial score (nSPS) is 28.7. The van der Waals surface area contributed by atoms with Gasteiger partial charge in [-0.25, -0.2) is 0 Å². The first-order valence-electron chi connectivity index (χ1n) is 4.72. The molecule has 0 aromatic rings. The van der Waals surface area contributed by atoms with E-state index in [-0.39, 0.29) is 12.6 Å². The van der Waals surface area contributed by atoms with Gasteiger partial charge in [0.05, 0.1) is 12.6 Å². The van der Waals surface area contributed by atoms with E-state index in [9.17, 15) is 4.79 Å². The van der Waals surface area contributed by atoms with Crippen LogP contribution in [0.5, 0.6) is 0 Å². The van der Waals surface area contributed by atoms with Gasteiger partial charge in [0.2, 0.25) is 0 Å². The fourth-order valence-electron chi connectivity index (χ4n) is 1.55. The molecule has 1 rings (SSSR count). The summed E-state index contributed by atoms with van der Waals surface area (Å²) >= 11 is 0. The van der Waals surface area contributed by atoms with E-state index >= 15 is 0 Å². The molecule has 0 radical (unpaired) electrons. The average Bonchev–Trinajstić information content (AvgIpc) is 2.03. The molecule has 0 aromatic carbocycles. The number of carboxylic acid groups (broad SMARTS) is 1. The lowest BCUT2D eigenvalue weighted by molar-refractivity contribution is -0.136. The molecule has 2 N–H and O–H groups in total. The molecule has 1 aliphatic heterocycles. The molecule has 1 saturated heterocycles. The zero-order chi connectivity index (χ0) is 9.68. The predicted molar refractivity (Wildman–Crippen MR) is 48.6 cm³/mol. The second-order valence-corrected chi connectivity index (χ2v) is 3.65. The third kappa shape index (κ3) is 4.24. The molecule has 13 heavy (non-hydrogen) atoms. The van der Waals surface area contributed by atoms with Gasteiger partial charge in [0.1, 0.15) is 0 Å². The number of carbonyl (C=O) groups is 1. The van der Waals surface area contributed by atoms with Crippen LogP contribution in [0.3, 0.4) is 0 Å². The van der Waals surface area contributed by atoms with Crippen LogP contribution in [-0.2, 0) is 9.53 Å². The Kier molecular flexibility index (Phi) is 4.18. The van der Waals surface area contributed by atoms with Crippen molar-refractivity contribution < 1.29 is 14.6 Å². The molecule has 4 nitrogen and oxygen atoms in total. The summed E-state index contributed by atoms with van der Waals surface area (Å²) in [5, 5.41) is 11.2. The Morgan fingerprint density at radius 1 is 1.69 bits per heavy atom. The van der Waals surface area contributed by atoms with Gasteiger partial charge in [0.25, 0.3) is 0 Å². The summed E-state index contributed by atoms with van der Waals surface area (Å²) in [5.41, 5.74) is 0. The summed E-state index contributed by atoms with van der Waals surface area (Å²) in [6, 6.07) is 0. The van der Waals surface area contributed by atoms with Crippen LogP contribution in [0.25, 0.3) is 0 Å². The molecule has 4 heteroatoms. The molecule has 0 bridgehead atoms. The molecule has 0 spiro atoms. The van der Waals surface area contributed by atoms with Crippen molar-refractivity contribution in [1.29, 1.82) is 0 Å². The highest BCUT2D eigenvalue weighted by molar-refractivity contribution is 5.68. The lowest BCUT2D eigenvalue weighted by Gasteiger charge is -2.27. The molecular weight excluding hydrogens is 170 g/mol. The zero-order valence-electron chi connectivity index (χ0n) is 7.95. The Balaban J connectivity index is 2.10. The SMILES string of the molecule is CC1CCOC(CNCC(=O)O)C1. The standard InChI is InChI=1S/C9H17NO3/c1-7-2-3-13-8(4-7)5-10-6-9(11)12/h7-8,10H,2-6H2,1H3,(H,11,12). The quantitative estimate of drug-likeness (QED) is 0.672. The maximum absolute atomic E-state index is 10.2. The number of rotatable bonds is 4. The minimum Gasteiger partial charge on any atom is -0.480 e. The van der Waals surface area contributed by atoms with Crippen LogP contribution in [0.2, 0.25) is 0 Å². The van der Waals surface area contributed by atoms with E-state index in [1.165, 1.54) is 0 Å². The molecule has 0 aromatic heterocycles. The molecule has 76 valence electrons. The van der Waals surface area contributed by atoms with Crippen molar-refractivity contribution in [3.05, 3.63) is 0 Å². The van der Waals surface area contributed by atoms with Crippen LogP contribution in [0, 0.1) is 5.92 Å². The lowest BCUT2D eigenvalue weighted by Crippen LogP contribution is -2.36. The lowest BCUT2D eigenvalue weighted by atomic mass is 9.98. The summed E-state index contributed by atoms with van der Waals surface area (Å²) in [6.07, 6.45) is 2.35. The molecule has 2 atom stereocenters. The van der Waals surface area contributed by atoms with E-state index in [0.29, 0.717) is 12.5 Å². The van der Waals surface area contributed by atoms with Gasteiger partial charge in [-0.15, -0.1) is 0 Å². The van der Waals surface area contributed by atoms with Crippen molar-refractivity contribution in [3.8, 4) is 0 Å². The van der Waals surface area contributed by atoms with Gasteiger partial charge < -0.3 is 15.2 Å². The summed E-state index contributed by atoms with van der Waals surface area (Å²) < 4.78 is 5.47. The van der Waals surface area contributed by atoms with Crippen LogP contribution < -0.4 is 5.32 Å². The highest BCUT2D eigenvalue weighted by Crippen LogP contribution is 2.18. The van der Waals surface area contributed by atoms with Gasteiger partial charge in [0, 0.05) is 13.2 Å². The van der Waals surface area contributed by atoms with E-state index < -0.39 is 5.97 Å². The van der Waals surface area contributed by atoms with Gasteiger partial charge in [-0.1, -0.05) is 6.92 Å². The molecule has 0 aliphatic carbocycles. The Hall–Kier alpha value is -0.610. The molecule has 1 heterocycles. The zero-order valence-corrected chi connectivity index (χ0v) is 7.95. The first kappa shape index (κ1) is 10.5. The van der Waals surface area contributed by atoms with Crippen LogP contribution >= 0.6 is 0 Å². The first-order chi connectivity index (χ1) is 6.18. The minimum atomic E-state index is -0.816. The van der Waals surface area contributed by atoms with E-state index in [0.717, 1.165) is 19.4 Å². The molecule has 2 unspecified atom stereocenters. The van der Waals surface area contributed by atoms with Crippen LogP contribution in [0.15, 0.2) is 0 Å². The number of hydrogen-bond acceptors (Lipinski definition) is 3. The number of carboxylic acids is 1. The van der Waals surface area contributed by atoms with E-state index in [1.54, 1.807) is 0 Å². The van der Waals surface area contributed by atoms with Crippen molar-refractivity contribution in [1.82, 2.24) is 5.32 Å². The third-order valence-corrected chi connectivity index (χ3v) is 2.28. The van der Waals surface area contributed by atoms with Crippen LogP contribution in [0.4, 0.5) is 0 Å². The minimum absolute atomic E-state index is 0.0221. The molecule has 1 aliphatic rings. The third-order valence-electron chi connectivity index (χ3n) is 2.28. The topological polar surface area (TPSA) is 58.6 Å². The maximum Gasteiger partial charge on any atom is 0.317 e. The largest absolute Gasteiger partial charge is 0.480 e. The number of aliphatic carboxylic acids is 1. The van der Waals surface area contributed by atoms with Gasteiger partial charge in [-0.2, -0.15) is 0 Å². The Morgan fingerprint density at radius 3 is 3.08 bits per heavy atom. The van der Waals surface area contributed by atoms with Crippen molar-refractivity contribution >= 4 is 5.97 Å². The molecule has 0 saturated carbocycles. The summed E-state index contributed by atoms with van der Waals surface area (Å²) in [5.74, 6) is -0.116. The second-order valence-electron chi connectivity index (χ2n) is 3.65. The number of hydrogen-bond donors (Lipinski definition) is 2. The van der Waals surface area contributed by atoms with Gasteiger partial charge in [-0.3, -0.25) is 4.79 Å². The van der Waals surface area contributed by atoms with Gasteiger partial charge in [0.15, 0.2) is 0 Å². The van der Waals surface area contributed by atoms with E-state index in [1.807, 2.05) is 0 Å².